The van der Waals surface area contributed by atoms with E-state index in [4.69, 9.17) is 16.3 Å². The van der Waals surface area contributed by atoms with Gasteiger partial charge in [0.05, 0.1) is 15.6 Å². The zero-order valence-corrected chi connectivity index (χ0v) is 14.6. The summed E-state index contributed by atoms with van der Waals surface area (Å²) in [5.41, 5.74) is 0.000560. The largest absolute Gasteiger partial charge is 0.507 e. The van der Waals surface area contributed by atoms with E-state index in [0.29, 0.717) is 0 Å². The van der Waals surface area contributed by atoms with Crippen molar-refractivity contribution in [1.29, 1.82) is 0 Å². The Morgan fingerprint density at radius 3 is 2.52 bits per heavy atom. The Morgan fingerprint density at radius 2 is 1.88 bits per heavy atom. The number of anilines is 1. The molecule has 7 nitrogen and oxygen atoms in total. The van der Waals surface area contributed by atoms with Gasteiger partial charge in [-0.2, -0.15) is 0 Å². The number of amides is 1. The highest BCUT2D eigenvalue weighted by atomic mass is 35.5. The van der Waals surface area contributed by atoms with Gasteiger partial charge in [-0.05, 0) is 30.3 Å². The maximum absolute atomic E-state index is 11.9. The minimum atomic E-state index is -3.47. The number of benzene rings is 2. The maximum atomic E-state index is 11.9. The fourth-order valence-corrected chi connectivity index (χ4v) is 2.68. The number of ether oxygens (including phenoxy) is 1. The molecule has 0 aliphatic carbocycles. The fraction of sp³-hybridized carbons (Fsp3) is 0.125. The highest BCUT2D eigenvalue weighted by Crippen LogP contribution is 2.25. The molecule has 0 atom stereocenters. The molecule has 0 aliphatic heterocycles. The van der Waals surface area contributed by atoms with Gasteiger partial charge in [0.25, 0.3) is 5.91 Å². The average Bonchev–Trinajstić information content (AvgIpc) is 2.54. The standard InChI is InChI=1S/C16H14ClNO6S/c1-25(22,23)10-6-7-12(17)13(8-10)18-15(20)9-24-16(21)11-4-2-3-5-14(11)19/h2-8,19H,9H2,1H3,(H,18,20). The van der Waals surface area contributed by atoms with Crippen LogP contribution in [0.3, 0.4) is 0 Å². The second-order valence-electron chi connectivity index (χ2n) is 5.06. The molecular formula is C16H14ClNO6S. The van der Waals surface area contributed by atoms with Crippen molar-refractivity contribution in [3.8, 4) is 5.75 Å². The number of sulfone groups is 1. The van der Waals surface area contributed by atoms with Gasteiger partial charge in [0.15, 0.2) is 16.4 Å². The van der Waals surface area contributed by atoms with Crippen LogP contribution < -0.4 is 5.32 Å². The molecule has 1 amide bonds. The topological polar surface area (TPSA) is 110 Å². The molecule has 2 aromatic carbocycles. The van der Waals surface area contributed by atoms with Crippen molar-refractivity contribution in [3.63, 3.8) is 0 Å². The van der Waals surface area contributed by atoms with E-state index in [1.807, 2.05) is 0 Å². The number of carbonyl (C=O) groups excluding carboxylic acids is 2. The van der Waals surface area contributed by atoms with E-state index in [2.05, 4.69) is 5.32 Å². The first-order chi connectivity index (χ1) is 11.7. The molecule has 2 N–H and O–H groups in total. The smallest absolute Gasteiger partial charge is 0.342 e. The molecule has 9 heteroatoms. The Morgan fingerprint density at radius 1 is 1.20 bits per heavy atom. The molecular weight excluding hydrogens is 370 g/mol. The van der Waals surface area contributed by atoms with Crippen molar-refractivity contribution in [1.82, 2.24) is 0 Å². The molecule has 132 valence electrons. The second kappa shape index (κ2) is 7.54. The number of esters is 1. The molecule has 0 radical (unpaired) electrons. The zero-order valence-electron chi connectivity index (χ0n) is 13.0. The first-order valence-corrected chi connectivity index (χ1v) is 9.20. The molecule has 2 rings (SSSR count). The monoisotopic (exact) mass is 383 g/mol. The van der Waals surface area contributed by atoms with Crippen LogP contribution in [0.5, 0.6) is 5.75 Å². The summed E-state index contributed by atoms with van der Waals surface area (Å²) in [5.74, 6) is -1.85. The molecule has 0 heterocycles. The van der Waals surface area contributed by atoms with Gasteiger partial charge in [-0.1, -0.05) is 23.7 Å². The summed E-state index contributed by atoms with van der Waals surface area (Å²) in [6.45, 7) is -0.632. The van der Waals surface area contributed by atoms with Gasteiger partial charge in [-0.25, -0.2) is 13.2 Å². The van der Waals surface area contributed by atoms with Gasteiger partial charge in [0, 0.05) is 6.26 Å². The Bertz CT molecular complexity index is 926. The third-order valence-corrected chi connectivity index (χ3v) is 4.54. The van der Waals surface area contributed by atoms with E-state index in [-0.39, 0.29) is 26.9 Å². The van der Waals surface area contributed by atoms with Crippen LogP contribution in [0.1, 0.15) is 10.4 Å². The minimum absolute atomic E-state index is 0.0154. The van der Waals surface area contributed by atoms with Crippen molar-refractivity contribution >= 4 is 39.0 Å². The summed E-state index contributed by atoms with van der Waals surface area (Å²) >= 11 is 5.92. The molecule has 0 fully saturated rings. The number of aromatic hydroxyl groups is 1. The Kier molecular flexibility index (Phi) is 5.66. The van der Waals surface area contributed by atoms with Gasteiger partial charge < -0.3 is 15.2 Å². The Hall–Kier alpha value is -2.58. The summed E-state index contributed by atoms with van der Waals surface area (Å²) in [7, 11) is -3.47. The zero-order chi connectivity index (χ0) is 18.6. The lowest BCUT2D eigenvalue weighted by Crippen LogP contribution is -2.21. The minimum Gasteiger partial charge on any atom is -0.507 e. The van der Waals surface area contributed by atoms with Gasteiger partial charge in [0.1, 0.15) is 11.3 Å². The SMILES string of the molecule is CS(=O)(=O)c1ccc(Cl)c(NC(=O)COC(=O)c2ccccc2O)c1. The Labute approximate surface area is 149 Å². The summed E-state index contributed by atoms with van der Waals surface area (Å²) in [4.78, 5) is 23.7. The van der Waals surface area contributed by atoms with E-state index in [9.17, 15) is 23.1 Å². The van der Waals surface area contributed by atoms with E-state index in [0.717, 1.165) is 6.26 Å². The third kappa shape index (κ3) is 4.94. The number of halogens is 1. The first-order valence-electron chi connectivity index (χ1n) is 6.93. The fourth-order valence-electron chi connectivity index (χ4n) is 1.87. The molecule has 0 spiro atoms. The predicted molar refractivity (Wildman–Crippen MR) is 91.6 cm³/mol. The highest BCUT2D eigenvalue weighted by molar-refractivity contribution is 7.90. The van der Waals surface area contributed by atoms with Gasteiger partial charge >= 0.3 is 5.97 Å². The van der Waals surface area contributed by atoms with Crippen molar-refractivity contribution < 1.29 is 27.9 Å². The lowest BCUT2D eigenvalue weighted by molar-refractivity contribution is -0.119. The number of rotatable bonds is 5. The first kappa shape index (κ1) is 18.8. The molecule has 25 heavy (non-hydrogen) atoms. The highest BCUT2D eigenvalue weighted by Gasteiger charge is 2.16. The normalized spacial score (nSPS) is 11.0. The lowest BCUT2D eigenvalue weighted by atomic mass is 10.2. The number of nitrogens with one attached hydrogen (secondary N) is 1. The third-order valence-electron chi connectivity index (χ3n) is 3.10. The number of para-hydroxylation sites is 1. The molecule has 0 aromatic heterocycles. The maximum Gasteiger partial charge on any atom is 0.342 e. The van der Waals surface area contributed by atoms with Crippen LogP contribution >= 0.6 is 11.6 Å². The van der Waals surface area contributed by atoms with Crippen LogP contribution in [-0.4, -0.2) is 38.3 Å². The average molecular weight is 384 g/mol. The van der Waals surface area contributed by atoms with Crippen molar-refractivity contribution in [2.75, 3.05) is 18.2 Å². The van der Waals surface area contributed by atoms with E-state index in [1.54, 1.807) is 0 Å². The van der Waals surface area contributed by atoms with Crippen molar-refractivity contribution in [3.05, 3.63) is 53.1 Å². The molecule has 0 bridgehead atoms. The number of phenolic OH excluding ortho intramolecular Hbond substituents is 1. The molecule has 0 unspecified atom stereocenters. The summed E-state index contributed by atoms with van der Waals surface area (Å²) in [5, 5.41) is 12.1. The quantitative estimate of drug-likeness (QED) is 0.766. The van der Waals surface area contributed by atoms with Crippen LogP contribution in [0.2, 0.25) is 5.02 Å². The van der Waals surface area contributed by atoms with E-state index >= 15 is 0 Å². The van der Waals surface area contributed by atoms with Gasteiger partial charge in [-0.3, -0.25) is 4.79 Å². The van der Waals surface area contributed by atoms with Gasteiger partial charge in [0.2, 0.25) is 0 Å². The van der Waals surface area contributed by atoms with Crippen LogP contribution in [0.4, 0.5) is 5.69 Å². The summed E-state index contributed by atoms with van der Waals surface area (Å²) < 4.78 is 27.9. The molecule has 2 aromatic rings. The number of carbonyl (C=O) groups is 2. The summed E-state index contributed by atoms with van der Waals surface area (Å²) in [6, 6.07) is 9.59. The van der Waals surface area contributed by atoms with E-state index < -0.39 is 28.3 Å². The van der Waals surface area contributed by atoms with Crippen LogP contribution in [-0.2, 0) is 19.4 Å². The van der Waals surface area contributed by atoms with Crippen molar-refractivity contribution in [2.45, 2.75) is 4.90 Å². The van der Waals surface area contributed by atoms with Crippen LogP contribution in [0.25, 0.3) is 0 Å². The second-order valence-corrected chi connectivity index (χ2v) is 7.48. The lowest BCUT2D eigenvalue weighted by Gasteiger charge is -2.10. The number of phenols is 1. The molecule has 0 saturated heterocycles. The Balaban J connectivity index is 2.04. The van der Waals surface area contributed by atoms with Gasteiger partial charge in [-0.15, -0.1) is 0 Å². The van der Waals surface area contributed by atoms with Crippen molar-refractivity contribution in [2.24, 2.45) is 0 Å². The van der Waals surface area contributed by atoms with Crippen LogP contribution in [0.15, 0.2) is 47.4 Å². The molecule has 0 saturated carbocycles. The summed E-state index contributed by atoms with van der Waals surface area (Å²) in [6.07, 6.45) is 1.02. The molecule has 0 aliphatic rings. The van der Waals surface area contributed by atoms with E-state index in [1.165, 1.54) is 42.5 Å². The predicted octanol–water partition coefficient (Wildman–Crippen LogP) is 2.24. The number of hydrogen-bond donors (Lipinski definition) is 2. The van der Waals surface area contributed by atoms with Crippen LogP contribution in [0, 0.1) is 0 Å². The number of hydrogen-bond acceptors (Lipinski definition) is 6.